The second-order valence-corrected chi connectivity index (χ2v) is 11.1. The Hall–Kier alpha value is -5.00. The Morgan fingerprint density at radius 2 is 1.53 bits per heavy atom. The van der Waals surface area contributed by atoms with Crippen LogP contribution in [0.2, 0.25) is 0 Å². The predicted molar refractivity (Wildman–Crippen MR) is 164 cm³/mol. The molecule has 222 valence electrons. The first-order valence-electron chi connectivity index (χ1n) is 13.5. The molecule has 4 rings (SSSR count). The molecule has 0 aliphatic heterocycles. The Balaban J connectivity index is 1.42. The number of aliphatic imine (C=N–C) groups is 1. The standard InChI is InChI=1S/C32H32N4O6S/c1-2-19-36(32(38)42-27-17-15-25(16-18-27)28-13-6-7-14-29(28)43(34,39)40)21-24-11-8-12-26(20-24)30(33)35-31(37)41-22-23-9-4-3-5-10-23/h3-18,20H,2,19,21-22H2,1H3,(H2,33,35,37)(H2,34,39,40). The van der Waals surface area contributed by atoms with Crippen molar-refractivity contribution in [2.75, 3.05) is 6.54 Å². The normalized spacial score (nSPS) is 11.5. The third kappa shape index (κ3) is 8.74. The number of amidine groups is 1. The van der Waals surface area contributed by atoms with Gasteiger partial charge in [0.15, 0.2) is 0 Å². The highest BCUT2D eigenvalue weighted by Gasteiger charge is 2.18. The highest BCUT2D eigenvalue weighted by molar-refractivity contribution is 7.89. The van der Waals surface area contributed by atoms with Crippen molar-refractivity contribution in [2.24, 2.45) is 15.9 Å². The van der Waals surface area contributed by atoms with E-state index in [9.17, 15) is 18.0 Å². The molecule has 0 heterocycles. The minimum absolute atomic E-state index is 0.00542. The molecule has 43 heavy (non-hydrogen) atoms. The Morgan fingerprint density at radius 3 is 2.23 bits per heavy atom. The van der Waals surface area contributed by atoms with Crippen molar-refractivity contribution in [1.82, 2.24) is 4.90 Å². The van der Waals surface area contributed by atoms with Crippen LogP contribution < -0.4 is 15.6 Å². The number of benzene rings is 4. The molecular formula is C32H32N4O6S. The maximum Gasteiger partial charge on any atom is 0.435 e. The van der Waals surface area contributed by atoms with Gasteiger partial charge in [0, 0.05) is 24.2 Å². The summed E-state index contributed by atoms with van der Waals surface area (Å²) in [6, 6.07) is 29.2. The number of hydrogen-bond acceptors (Lipinski definition) is 6. The van der Waals surface area contributed by atoms with Crippen LogP contribution in [0.3, 0.4) is 0 Å². The molecule has 10 nitrogen and oxygen atoms in total. The summed E-state index contributed by atoms with van der Waals surface area (Å²) in [5, 5.41) is 5.36. The highest BCUT2D eigenvalue weighted by atomic mass is 32.2. The molecule has 0 aliphatic carbocycles. The second-order valence-electron chi connectivity index (χ2n) is 9.59. The monoisotopic (exact) mass is 600 g/mol. The third-order valence-corrected chi connectivity index (χ3v) is 7.30. The van der Waals surface area contributed by atoms with Gasteiger partial charge in [0.25, 0.3) is 0 Å². The number of amides is 2. The molecule has 0 spiro atoms. The van der Waals surface area contributed by atoms with Crippen LogP contribution in [-0.2, 0) is 27.9 Å². The number of nitrogens with zero attached hydrogens (tertiary/aromatic N) is 2. The molecule has 0 unspecified atom stereocenters. The molecule has 11 heteroatoms. The maximum absolute atomic E-state index is 13.1. The zero-order valence-corrected chi connectivity index (χ0v) is 24.4. The van der Waals surface area contributed by atoms with E-state index in [0.717, 1.165) is 11.1 Å². The van der Waals surface area contributed by atoms with Crippen molar-refractivity contribution in [3.05, 3.63) is 120 Å². The van der Waals surface area contributed by atoms with Gasteiger partial charge in [-0.3, -0.25) is 0 Å². The Kier molecular flexibility index (Phi) is 10.3. The first kappa shape index (κ1) is 30.9. The number of carbonyl (C=O) groups is 2. The number of primary sulfonamides is 1. The topological polar surface area (TPSA) is 154 Å². The summed E-state index contributed by atoms with van der Waals surface area (Å²) in [4.78, 5) is 30.7. The summed E-state index contributed by atoms with van der Waals surface area (Å²) in [5.41, 5.74) is 9.23. The minimum atomic E-state index is -3.92. The lowest BCUT2D eigenvalue weighted by atomic mass is 10.1. The molecule has 0 bridgehead atoms. The van der Waals surface area contributed by atoms with Crippen LogP contribution in [-0.4, -0.2) is 37.9 Å². The number of sulfonamides is 1. The average Bonchev–Trinajstić information content (AvgIpc) is 3.00. The molecule has 4 aromatic rings. The smallest absolute Gasteiger partial charge is 0.435 e. The summed E-state index contributed by atoms with van der Waals surface area (Å²) in [6.45, 7) is 2.68. The first-order valence-corrected chi connectivity index (χ1v) is 15.0. The van der Waals surface area contributed by atoms with Gasteiger partial charge in [0.1, 0.15) is 18.2 Å². The van der Waals surface area contributed by atoms with Crippen LogP contribution in [0.1, 0.15) is 30.0 Å². The van der Waals surface area contributed by atoms with Gasteiger partial charge < -0.3 is 20.1 Å². The molecule has 0 aliphatic rings. The van der Waals surface area contributed by atoms with Gasteiger partial charge in [-0.2, -0.15) is 4.99 Å². The molecule has 0 aromatic heterocycles. The van der Waals surface area contributed by atoms with Crippen LogP contribution in [0.5, 0.6) is 5.75 Å². The van der Waals surface area contributed by atoms with Gasteiger partial charge in [0.05, 0.1) is 4.90 Å². The molecule has 4 N–H and O–H groups in total. The van der Waals surface area contributed by atoms with Crippen LogP contribution in [0.25, 0.3) is 11.1 Å². The van der Waals surface area contributed by atoms with E-state index in [2.05, 4.69) is 4.99 Å². The zero-order chi connectivity index (χ0) is 30.8. The SMILES string of the molecule is CCCN(Cc1cccc(C(N)=NC(=O)OCc2ccccc2)c1)C(=O)Oc1ccc(-c2ccccc2S(N)(=O)=O)cc1. The number of hydrogen-bond donors (Lipinski definition) is 2. The predicted octanol–water partition coefficient (Wildman–Crippen LogP) is 5.45. The molecule has 0 saturated carbocycles. The van der Waals surface area contributed by atoms with E-state index in [0.29, 0.717) is 35.4 Å². The highest BCUT2D eigenvalue weighted by Crippen LogP contribution is 2.28. The summed E-state index contributed by atoms with van der Waals surface area (Å²) in [5.74, 6) is 0.288. The largest absolute Gasteiger partial charge is 0.443 e. The Bertz CT molecular complexity index is 1710. The van der Waals surface area contributed by atoms with Gasteiger partial charge in [0.2, 0.25) is 10.0 Å². The summed E-state index contributed by atoms with van der Waals surface area (Å²) < 4.78 is 34.7. The van der Waals surface area contributed by atoms with Crippen molar-refractivity contribution < 1.29 is 27.5 Å². The molecular weight excluding hydrogens is 568 g/mol. The van der Waals surface area contributed by atoms with Gasteiger partial charge >= 0.3 is 12.2 Å². The molecule has 4 aromatic carbocycles. The minimum Gasteiger partial charge on any atom is -0.443 e. The number of ether oxygens (including phenoxy) is 2. The molecule has 0 saturated heterocycles. The van der Waals surface area contributed by atoms with Crippen molar-refractivity contribution in [2.45, 2.75) is 31.4 Å². The van der Waals surface area contributed by atoms with Gasteiger partial charge in [-0.1, -0.05) is 85.8 Å². The van der Waals surface area contributed by atoms with Crippen molar-refractivity contribution in [3.8, 4) is 16.9 Å². The van der Waals surface area contributed by atoms with Crippen molar-refractivity contribution in [3.63, 3.8) is 0 Å². The van der Waals surface area contributed by atoms with E-state index in [4.69, 9.17) is 20.3 Å². The van der Waals surface area contributed by atoms with E-state index in [-0.39, 0.29) is 23.9 Å². The van der Waals surface area contributed by atoms with Gasteiger partial charge in [-0.05, 0) is 47.4 Å². The van der Waals surface area contributed by atoms with Crippen LogP contribution in [0.15, 0.2) is 113 Å². The van der Waals surface area contributed by atoms with Gasteiger partial charge in [-0.25, -0.2) is 23.1 Å². The maximum atomic E-state index is 13.1. The molecule has 0 fully saturated rings. The Morgan fingerprint density at radius 1 is 0.860 bits per heavy atom. The van der Waals surface area contributed by atoms with E-state index >= 15 is 0 Å². The summed E-state index contributed by atoms with van der Waals surface area (Å²) >= 11 is 0. The summed E-state index contributed by atoms with van der Waals surface area (Å²) in [7, 11) is -3.92. The zero-order valence-electron chi connectivity index (χ0n) is 23.6. The fourth-order valence-corrected chi connectivity index (χ4v) is 5.05. The summed E-state index contributed by atoms with van der Waals surface area (Å²) in [6.07, 6.45) is -0.673. The fourth-order valence-electron chi connectivity index (χ4n) is 4.29. The van der Waals surface area contributed by atoms with Gasteiger partial charge in [-0.15, -0.1) is 0 Å². The lowest BCUT2D eigenvalue weighted by Crippen LogP contribution is -2.33. The van der Waals surface area contributed by atoms with Crippen molar-refractivity contribution in [1.29, 1.82) is 0 Å². The van der Waals surface area contributed by atoms with Crippen LogP contribution in [0, 0.1) is 0 Å². The number of rotatable bonds is 10. The molecule has 2 amide bonds. The number of carbonyl (C=O) groups excluding carboxylic acids is 2. The van der Waals surface area contributed by atoms with E-state index in [1.54, 1.807) is 65.6 Å². The fraction of sp³-hybridized carbons (Fsp3) is 0.156. The first-order chi connectivity index (χ1) is 20.6. The lowest BCUT2D eigenvalue weighted by Gasteiger charge is -2.22. The van der Waals surface area contributed by atoms with E-state index < -0.39 is 22.2 Å². The molecule has 0 atom stereocenters. The van der Waals surface area contributed by atoms with Crippen molar-refractivity contribution >= 4 is 28.0 Å². The average molecular weight is 601 g/mol. The lowest BCUT2D eigenvalue weighted by molar-refractivity contribution is 0.149. The molecule has 0 radical (unpaired) electrons. The third-order valence-electron chi connectivity index (χ3n) is 6.33. The van der Waals surface area contributed by atoms with Crippen LogP contribution in [0.4, 0.5) is 9.59 Å². The Labute approximate surface area is 250 Å². The quantitative estimate of drug-likeness (QED) is 0.181. The van der Waals surface area contributed by atoms with Crippen LogP contribution >= 0.6 is 0 Å². The van der Waals surface area contributed by atoms with E-state index in [1.165, 1.54) is 6.07 Å². The van der Waals surface area contributed by atoms with E-state index in [1.807, 2.05) is 43.3 Å². The number of nitrogens with two attached hydrogens (primary N) is 2. The second kappa shape index (κ2) is 14.3.